The summed E-state index contributed by atoms with van der Waals surface area (Å²) in [6, 6.07) is 13.7. The van der Waals surface area contributed by atoms with E-state index in [9.17, 15) is 8.42 Å². The molecule has 3 N–H and O–H groups in total. The molecule has 0 heterocycles. The minimum absolute atomic E-state index is 0.0619. The number of para-hydroxylation sites is 2. The van der Waals surface area contributed by atoms with Crippen LogP contribution in [-0.4, -0.2) is 33.8 Å². The highest BCUT2D eigenvalue weighted by Crippen LogP contribution is 2.22. The van der Waals surface area contributed by atoms with Crippen LogP contribution < -0.4 is 15.8 Å². The number of sulfone groups is 1. The molecule has 0 aliphatic heterocycles. The van der Waals surface area contributed by atoms with Gasteiger partial charge in [-0.15, -0.1) is 0 Å². The molecule has 0 saturated heterocycles. The number of rotatable bonds is 6. The Balaban J connectivity index is 1.99. The van der Waals surface area contributed by atoms with Gasteiger partial charge < -0.3 is 15.8 Å². The fourth-order valence-electron chi connectivity index (χ4n) is 1.97. The summed E-state index contributed by atoms with van der Waals surface area (Å²) in [6.07, 6.45) is 0. The van der Waals surface area contributed by atoms with Crippen LogP contribution in [0.4, 0.5) is 5.69 Å². The van der Waals surface area contributed by atoms with Gasteiger partial charge >= 0.3 is 0 Å². The number of methoxy groups -OCH3 is 1. The molecular weight excluding hydrogens is 394 g/mol. The van der Waals surface area contributed by atoms with Gasteiger partial charge in [-0.05, 0) is 36.4 Å². The van der Waals surface area contributed by atoms with Crippen molar-refractivity contribution >= 4 is 37.4 Å². The minimum Gasteiger partial charge on any atom is -0.495 e. The number of hydrogen-bond acceptors (Lipinski definition) is 4. The third kappa shape index (κ3) is 4.97. The lowest BCUT2D eigenvalue weighted by Crippen LogP contribution is -2.24. The van der Waals surface area contributed by atoms with Crippen LogP contribution in [-0.2, 0) is 9.84 Å². The number of guanidine groups is 1. The average molecular weight is 412 g/mol. The maximum atomic E-state index is 12.2. The lowest BCUT2D eigenvalue weighted by atomic mass is 10.3. The van der Waals surface area contributed by atoms with E-state index < -0.39 is 9.84 Å². The number of nitrogens with zero attached hydrogens (tertiary/aromatic N) is 1. The van der Waals surface area contributed by atoms with Gasteiger partial charge in [0.1, 0.15) is 5.75 Å². The van der Waals surface area contributed by atoms with Crippen molar-refractivity contribution in [1.29, 1.82) is 0 Å². The Morgan fingerprint density at radius 2 is 1.88 bits per heavy atom. The summed E-state index contributed by atoms with van der Waals surface area (Å²) in [4.78, 5) is 4.32. The summed E-state index contributed by atoms with van der Waals surface area (Å²) in [7, 11) is -1.84. The molecule has 0 aliphatic carbocycles. The topological polar surface area (TPSA) is 93.8 Å². The molecule has 0 bridgehead atoms. The summed E-state index contributed by atoms with van der Waals surface area (Å²) in [5, 5.41) is 2.90. The Kier molecular flexibility index (Phi) is 6.22. The van der Waals surface area contributed by atoms with Crippen LogP contribution in [0.2, 0.25) is 0 Å². The molecule has 0 amide bonds. The van der Waals surface area contributed by atoms with Crippen molar-refractivity contribution in [2.75, 3.05) is 24.7 Å². The van der Waals surface area contributed by atoms with Crippen molar-refractivity contribution in [3.8, 4) is 5.75 Å². The molecule has 0 aliphatic rings. The first-order chi connectivity index (χ1) is 11.4. The van der Waals surface area contributed by atoms with Crippen molar-refractivity contribution in [2.24, 2.45) is 10.7 Å². The zero-order valence-corrected chi connectivity index (χ0v) is 15.5. The van der Waals surface area contributed by atoms with Crippen LogP contribution in [0.3, 0.4) is 0 Å². The Morgan fingerprint density at radius 1 is 1.21 bits per heavy atom. The second-order valence-corrected chi connectivity index (χ2v) is 7.89. The number of hydrogen-bond donors (Lipinski definition) is 2. The SMILES string of the molecule is COc1ccccc1NC(N)=NCCS(=O)(=O)c1ccc(Br)cc1. The number of ether oxygens (including phenoxy) is 1. The summed E-state index contributed by atoms with van der Waals surface area (Å²) < 4.78 is 30.5. The Morgan fingerprint density at radius 3 is 2.54 bits per heavy atom. The first-order valence-corrected chi connectivity index (χ1v) is 9.55. The summed E-state index contributed by atoms with van der Waals surface area (Å²) in [5.74, 6) is 0.631. The van der Waals surface area contributed by atoms with Gasteiger partial charge in [-0.3, -0.25) is 4.99 Å². The molecule has 2 rings (SSSR count). The minimum atomic E-state index is -3.39. The monoisotopic (exact) mass is 411 g/mol. The predicted molar refractivity (Wildman–Crippen MR) is 99.3 cm³/mol. The van der Waals surface area contributed by atoms with E-state index in [2.05, 4.69) is 26.2 Å². The molecule has 0 unspecified atom stereocenters. The first-order valence-electron chi connectivity index (χ1n) is 7.10. The number of halogens is 1. The molecule has 0 spiro atoms. The largest absolute Gasteiger partial charge is 0.495 e. The number of nitrogens with one attached hydrogen (secondary N) is 1. The molecule has 24 heavy (non-hydrogen) atoms. The molecule has 2 aromatic rings. The highest BCUT2D eigenvalue weighted by molar-refractivity contribution is 9.10. The zero-order chi connectivity index (χ0) is 17.6. The standard InChI is InChI=1S/C16H18BrN3O3S/c1-23-15-5-3-2-4-14(15)20-16(18)19-10-11-24(21,22)13-8-6-12(17)7-9-13/h2-9H,10-11H2,1H3,(H3,18,19,20). The highest BCUT2D eigenvalue weighted by Gasteiger charge is 2.13. The fraction of sp³-hybridized carbons (Fsp3) is 0.188. The second kappa shape index (κ2) is 8.16. The van der Waals surface area contributed by atoms with Crippen molar-refractivity contribution in [3.63, 3.8) is 0 Å². The Bertz CT molecular complexity index is 821. The molecule has 0 aromatic heterocycles. The molecular formula is C16H18BrN3O3S. The first kappa shape index (κ1) is 18.3. The van der Waals surface area contributed by atoms with Crippen LogP contribution in [0.25, 0.3) is 0 Å². The average Bonchev–Trinajstić information content (AvgIpc) is 2.55. The van der Waals surface area contributed by atoms with Gasteiger partial charge in [-0.1, -0.05) is 28.1 Å². The maximum Gasteiger partial charge on any atom is 0.193 e. The van der Waals surface area contributed by atoms with Crippen molar-refractivity contribution in [1.82, 2.24) is 0 Å². The van der Waals surface area contributed by atoms with Gasteiger partial charge in [0, 0.05) is 4.47 Å². The van der Waals surface area contributed by atoms with Crippen LogP contribution in [0.5, 0.6) is 5.75 Å². The highest BCUT2D eigenvalue weighted by atomic mass is 79.9. The Labute approximate surface area is 149 Å². The van der Waals surface area contributed by atoms with E-state index >= 15 is 0 Å². The lowest BCUT2D eigenvalue weighted by molar-refractivity contribution is 0.417. The maximum absolute atomic E-state index is 12.2. The van der Waals surface area contributed by atoms with Crippen molar-refractivity contribution < 1.29 is 13.2 Å². The summed E-state index contributed by atoms with van der Waals surface area (Å²) in [5.41, 5.74) is 6.46. The van der Waals surface area contributed by atoms with Gasteiger partial charge in [-0.25, -0.2) is 8.42 Å². The van der Waals surface area contributed by atoms with Crippen LogP contribution in [0, 0.1) is 0 Å². The van der Waals surface area contributed by atoms with E-state index in [1.54, 1.807) is 43.5 Å². The van der Waals surface area contributed by atoms with Gasteiger partial charge in [-0.2, -0.15) is 0 Å². The summed E-state index contributed by atoms with van der Waals surface area (Å²) >= 11 is 3.28. The summed E-state index contributed by atoms with van der Waals surface area (Å²) in [6.45, 7) is 0.0619. The third-order valence-corrected chi connectivity index (χ3v) is 5.42. The number of anilines is 1. The van der Waals surface area contributed by atoms with E-state index in [-0.39, 0.29) is 23.2 Å². The molecule has 0 atom stereocenters. The van der Waals surface area contributed by atoms with E-state index in [1.165, 1.54) is 0 Å². The number of aliphatic imine (C=N–C) groups is 1. The van der Waals surface area contributed by atoms with Crippen LogP contribution >= 0.6 is 15.9 Å². The predicted octanol–water partition coefficient (Wildman–Crippen LogP) is 2.66. The molecule has 128 valence electrons. The molecule has 0 radical (unpaired) electrons. The van der Waals surface area contributed by atoms with Crippen molar-refractivity contribution in [2.45, 2.75) is 4.90 Å². The van der Waals surface area contributed by atoms with Crippen LogP contribution in [0.15, 0.2) is 62.9 Å². The molecule has 0 fully saturated rings. The molecule has 2 aromatic carbocycles. The fourth-order valence-corrected chi connectivity index (χ4v) is 3.35. The smallest absolute Gasteiger partial charge is 0.193 e. The Hall–Kier alpha value is -2.06. The normalized spacial score (nSPS) is 12.0. The van der Waals surface area contributed by atoms with E-state index in [0.29, 0.717) is 11.4 Å². The van der Waals surface area contributed by atoms with Gasteiger partial charge in [0.15, 0.2) is 15.8 Å². The van der Waals surface area contributed by atoms with Crippen LogP contribution in [0.1, 0.15) is 0 Å². The molecule has 8 heteroatoms. The van der Waals surface area contributed by atoms with Gasteiger partial charge in [0.25, 0.3) is 0 Å². The van der Waals surface area contributed by atoms with Crippen molar-refractivity contribution in [3.05, 3.63) is 53.0 Å². The number of nitrogens with two attached hydrogens (primary N) is 1. The molecule has 6 nitrogen and oxygen atoms in total. The third-order valence-electron chi connectivity index (χ3n) is 3.18. The molecule has 0 saturated carbocycles. The lowest BCUT2D eigenvalue weighted by Gasteiger charge is -2.10. The quantitative estimate of drug-likeness (QED) is 0.562. The van der Waals surface area contributed by atoms with E-state index in [4.69, 9.17) is 10.5 Å². The number of benzene rings is 2. The van der Waals surface area contributed by atoms with E-state index in [1.807, 2.05) is 12.1 Å². The zero-order valence-electron chi connectivity index (χ0n) is 13.1. The second-order valence-electron chi connectivity index (χ2n) is 4.87. The van der Waals surface area contributed by atoms with Gasteiger partial charge in [0.2, 0.25) is 0 Å². The van der Waals surface area contributed by atoms with E-state index in [0.717, 1.165) is 4.47 Å². The van der Waals surface area contributed by atoms with Gasteiger partial charge in [0.05, 0.1) is 30.0 Å².